The molecule has 1 N–H and O–H groups in total. The number of methoxy groups -OCH3 is 1. The highest BCUT2D eigenvalue weighted by Gasteiger charge is 2.25. The van der Waals surface area contributed by atoms with E-state index in [4.69, 9.17) is 4.74 Å². The molecule has 0 saturated carbocycles. The molecule has 1 aliphatic rings. The standard InChI is InChI=1S/C18H21N5O/c1-12-14(10-21-22-12)13-6-8-23(9-7-13)18-17-15(19-11-20-18)4-3-5-16(17)24-2/h3-5,10-11,13H,6-9H2,1-2H3,(H,21,22). The minimum Gasteiger partial charge on any atom is -0.496 e. The number of aromatic nitrogens is 4. The summed E-state index contributed by atoms with van der Waals surface area (Å²) in [5, 5.41) is 8.21. The van der Waals surface area contributed by atoms with E-state index in [0.29, 0.717) is 5.92 Å². The highest BCUT2D eigenvalue weighted by Crippen LogP contribution is 2.36. The lowest BCUT2D eigenvalue weighted by Gasteiger charge is -2.33. The zero-order valence-corrected chi connectivity index (χ0v) is 14.0. The van der Waals surface area contributed by atoms with Gasteiger partial charge >= 0.3 is 0 Å². The van der Waals surface area contributed by atoms with Gasteiger partial charge in [-0.2, -0.15) is 5.10 Å². The summed E-state index contributed by atoms with van der Waals surface area (Å²) in [6.07, 6.45) is 5.81. The number of H-pyrrole nitrogens is 1. The molecule has 0 atom stereocenters. The Balaban J connectivity index is 1.62. The summed E-state index contributed by atoms with van der Waals surface area (Å²) in [6.45, 7) is 4.04. The first-order chi connectivity index (χ1) is 11.8. The van der Waals surface area contributed by atoms with E-state index in [0.717, 1.165) is 48.4 Å². The molecule has 0 unspecified atom stereocenters. The second-order valence-corrected chi connectivity index (χ2v) is 6.26. The molecular formula is C18H21N5O. The Morgan fingerprint density at radius 3 is 2.75 bits per heavy atom. The second kappa shape index (κ2) is 6.11. The fourth-order valence-corrected chi connectivity index (χ4v) is 3.65. The van der Waals surface area contributed by atoms with E-state index in [9.17, 15) is 0 Å². The van der Waals surface area contributed by atoms with Crippen LogP contribution < -0.4 is 9.64 Å². The molecule has 3 aromatic rings. The lowest BCUT2D eigenvalue weighted by atomic mass is 9.90. The molecule has 6 nitrogen and oxygen atoms in total. The van der Waals surface area contributed by atoms with Gasteiger partial charge in [-0.1, -0.05) is 6.07 Å². The fourth-order valence-electron chi connectivity index (χ4n) is 3.65. The van der Waals surface area contributed by atoms with Crippen molar-refractivity contribution >= 4 is 16.7 Å². The van der Waals surface area contributed by atoms with Gasteiger partial charge in [0.2, 0.25) is 0 Å². The average Bonchev–Trinajstić information content (AvgIpc) is 3.07. The normalized spacial score (nSPS) is 15.8. The Bertz CT molecular complexity index is 846. The van der Waals surface area contributed by atoms with Gasteiger partial charge in [0.15, 0.2) is 0 Å². The number of hydrogen-bond donors (Lipinski definition) is 1. The van der Waals surface area contributed by atoms with Crippen molar-refractivity contribution in [3.05, 3.63) is 42.0 Å². The molecule has 3 heterocycles. The van der Waals surface area contributed by atoms with Crippen LogP contribution in [0.4, 0.5) is 5.82 Å². The molecule has 124 valence electrons. The van der Waals surface area contributed by atoms with Crippen LogP contribution in [0.3, 0.4) is 0 Å². The first-order valence-corrected chi connectivity index (χ1v) is 8.30. The number of benzene rings is 1. The molecule has 0 spiro atoms. The van der Waals surface area contributed by atoms with Crippen LogP contribution in [0.25, 0.3) is 10.9 Å². The lowest BCUT2D eigenvalue weighted by molar-refractivity contribution is 0.419. The van der Waals surface area contributed by atoms with Gasteiger partial charge in [0, 0.05) is 18.8 Å². The van der Waals surface area contributed by atoms with Crippen LogP contribution in [0.1, 0.15) is 30.0 Å². The van der Waals surface area contributed by atoms with Crippen molar-refractivity contribution in [3.8, 4) is 5.75 Å². The molecule has 1 aromatic carbocycles. The summed E-state index contributed by atoms with van der Waals surface area (Å²) in [5.41, 5.74) is 3.45. The molecule has 1 saturated heterocycles. The second-order valence-electron chi connectivity index (χ2n) is 6.26. The number of ether oxygens (including phenoxy) is 1. The van der Waals surface area contributed by atoms with Crippen LogP contribution in [-0.4, -0.2) is 40.4 Å². The zero-order chi connectivity index (χ0) is 16.5. The maximum Gasteiger partial charge on any atom is 0.143 e. The average molecular weight is 323 g/mol. The quantitative estimate of drug-likeness (QED) is 0.802. The Morgan fingerprint density at radius 1 is 1.21 bits per heavy atom. The van der Waals surface area contributed by atoms with Gasteiger partial charge in [-0.25, -0.2) is 9.97 Å². The first-order valence-electron chi connectivity index (χ1n) is 8.30. The van der Waals surface area contributed by atoms with E-state index < -0.39 is 0 Å². The van der Waals surface area contributed by atoms with Crippen molar-refractivity contribution in [2.45, 2.75) is 25.7 Å². The van der Waals surface area contributed by atoms with E-state index in [1.165, 1.54) is 11.3 Å². The van der Waals surface area contributed by atoms with E-state index in [-0.39, 0.29) is 0 Å². The number of aryl methyl sites for hydroxylation is 1. The van der Waals surface area contributed by atoms with Crippen LogP contribution in [-0.2, 0) is 0 Å². The molecule has 0 amide bonds. The minimum atomic E-state index is 0.565. The van der Waals surface area contributed by atoms with Crippen LogP contribution >= 0.6 is 0 Å². The third-order valence-corrected chi connectivity index (χ3v) is 4.93. The Labute approximate surface area is 140 Å². The number of nitrogens with zero attached hydrogens (tertiary/aromatic N) is 4. The SMILES string of the molecule is COc1cccc2ncnc(N3CCC(c4cn[nH]c4C)CC3)c12. The summed E-state index contributed by atoms with van der Waals surface area (Å²) >= 11 is 0. The van der Waals surface area contributed by atoms with E-state index in [2.05, 4.69) is 32.0 Å². The fraction of sp³-hybridized carbons (Fsp3) is 0.389. The Kier molecular flexibility index (Phi) is 3.80. The molecule has 24 heavy (non-hydrogen) atoms. The smallest absolute Gasteiger partial charge is 0.143 e. The largest absolute Gasteiger partial charge is 0.496 e. The number of piperidine rings is 1. The van der Waals surface area contributed by atoms with Crippen LogP contribution in [0.2, 0.25) is 0 Å². The van der Waals surface area contributed by atoms with Gasteiger partial charge in [0.05, 0.1) is 24.2 Å². The van der Waals surface area contributed by atoms with Gasteiger partial charge in [0.1, 0.15) is 17.9 Å². The van der Waals surface area contributed by atoms with Gasteiger partial charge in [-0.05, 0) is 43.4 Å². The van der Waals surface area contributed by atoms with Crippen LogP contribution in [0.15, 0.2) is 30.7 Å². The number of aromatic amines is 1. The van der Waals surface area contributed by atoms with Crippen LogP contribution in [0.5, 0.6) is 5.75 Å². The van der Waals surface area contributed by atoms with Crippen molar-refractivity contribution in [1.29, 1.82) is 0 Å². The molecule has 1 aliphatic heterocycles. The van der Waals surface area contributed by atoms with Crippen molar-refractivity contribution in [2.24, 2.45) is 0 Å². The highest BCUT2D eigenvalue weighted by atomic mass is 16.5. The van der Waals surface area contributed by atoms with Crippen LogP contribution in [0, 0.1) is 6.92 Å². The monoisotopic (exact) mass is 323 g/mol. The van der Waals surface area contributed by atoms with Crippen molar-refractivity contribution < 1.29 is 4.74 Å². The summed E-state index contributed by atoms with van der Waals surface area (Å²) in [5.74, 6) is 2.37. The summed E-state index contributed by atoms with van der Waals surface area (Å²) in [7, 11) is 1.69. The van der Waals surface area contributed by atoms with Gasteiger partial charge in [0.25, 0.3) is 0 Å². The predicted molar refractivity (Wildman–Crippen MR) is 93.6 cm³/mol. The zero-order valence-electron chi connectivity index (χ0n) is 14.0. The summed E-state index contributed by atoms with van der Waals surface area (Å²) < 4.78 is 5.54. The van der Waals surface area contributed by atoms with Crippen molar-refractivity contribution in [1.82, 2.24) is 20.2 Å². The third kappa shape index (κ3) is 2.48. The summed E-state index contributed by atoms with van der Waals surface area (Å²) in [4.78, 5) is 11.3. The number of rotatable bonds is 3. The molecule has 0 bridgehead atoms. The van der Waals surface area contributed by atoms with Crippen molar-refractivity contribution in [2.75, 3.05) is 25.1 Å². The summed E-state index contributed by atoms with van der Waals surface area (Å²) in [6, 6.07) is 5.94. The Morgan fingerprint density at radius 2 is 2.04 bits per heavy atom. The first kappa shape index (κ1) is 14.9. The number of nitrogens with one attached hydrogen (secondary N) is 1. The van der Waals surface area contributed by atoms with E-state index >= 15 is 0 Å². The number of fused-ring (bicyclic) bond motifs is 1. The molecule has 2 aromatic heterocycles. The number of anilines is 1. The minimum absolute atomic E-state index is 0.565. The van der Waals surface area contributed by atoms with Gasteiger partial charge in [-0.3, -0.25) is 5.10 Å². The number of hydrogen-bond acceptors (Lipinski definition) is 5. The molecular weight excluding hydrogens is 302 g/mol. The lowest BCUT2D eigenvalue weighted by Crippen LogP contribution is -2.33. The maximum absolute atomic E-state index is 5.54. The van der Waals surface area contributed by atoms with Crippen molar-refractivity contribution in [3.63, 3.8) is 0 Å². The molecule has 1 fully saturated rings. The molecule has 0 radical (unpaired) electrons. The van der Waals surface area contributed by atoms with Gasteiger partial charge in [-0.15, -0.1) is 0 Å². The van der Waals surface area contributed by atoms with E-state index in [1.54, 1.807) is 13.4 Å². The van der Waals surface area contributed by atoms with Gasteiger partial charge < -0.3 is 9.64 Å². The third-order valence-electron chi connectivity index (χ3n) is 4.93. The predicted octanol–water partition coefficient (Wildman–Crippen LogP) is 3.05. The molecule has 6 heteroatoms. The Hall–Kier alpha value is -2.63. The molecule has 4 rings (SSSR count). The molecule has 0 aliphatic carbocycles. The maximum atomic E-state index is 5.54. The highest BCUT2D eigenvalue weighted by molar-refractivity contribution is 5.94. The van der Waals surface area contributed by atoms with E-state index in [1.807, 2.05) is 24.4 Å². The topological polar surface area (TPSA) is 66.9 Å².